The van der Waals surface area contributed by atoms with E-state index >= 15 is 0 Å². The van der Waals surface area contributed by atoms with Gasteiger partial charge in [-0.15, -0.1) is 0 Å². The summed E-state index contributed by atoms with van der Waals surface area (Å²) in [5, 5.41) is 13.1. The topological polar surface area (TPSA) is 121 Å². The monoisotopic (exact) mass is 365 g/mol. The highest BCUT2D eigenvalue weighted by molar-refractivity contribution is 6.31. The van der Waals surface area contributed by atoms with E-state index in [1.165, 1.54) is 16.7 Å². The van der Waals surface area contributed by atoms with E-state index in [9.17, 15) is 24.5 Å². The first-order valence-electron chi connectivity index (χ1n) is 6.86. The number of nitro groups is 1. The van der Waals surface area contributed by atoms with Crippen molar-refractivity contribution in [1.29, 1.82) is 0 Å². The number of hydrogen-bond donors (Lipinski definition) is 1. The Morgan fingerprint density at radius 2 is 2.04 bits per heavy atom. The zero-order valence-corrected chi connectivity index (χ0v) is 13.6. The van der Waals surface area contributed by atoms with Crippen LogP contribution in [0.4, 0.5) is 5.69 Å². The number of nitrogens with zero attached hydrogens (tertiary/aromatic N) is 2. The Labute approximate surface area is 146 Å². The molecule has 2 amide bonds. The lowest BCUT2D eigenvalue weighted by atomic mass is 10.2. The van der Waals surface area contributed by atoms with Gasteiger partial charge in [0.1, 0.15) is 11.3 Å². The standard InChI is InChI=1S/C15H12ClN3O6/c1-18-6-2-3-12(18)14(21)17-13(20)8-25-15(22)10-7-9(16)4-5-11(10)19(23)24/h2-7H,8H2,1H3,(H,17,20,21). The van der Waals surface area contributed by atoms with Gasteiger partial charge < -0.3 is 9.30 Å². The van der Waals surface area contributed by atoms with Crippen LogP contribution in [-0.2, 0) is 16.6 Å². The van der Waals surface area contributed by atoms with Crippen molar-refractivity contribution >= 4 is 35.1 Å². The third kappa shape index (κ3) is 4.42. The zero-order valence-electron chi connectivity index (χ0n) is 12.9. The lowest BCUT2D eigenvalue weighted by Crippen LogP contribution is -2.35. The number of imide groups is 1. The second-order valence-electron chi connectivity index (χ2n) is 4.88. The first-order chi connectivity index (χ1) is 11.8. The molecule has 25 heavy (non-hydrogen) atoms. The Bertz CT molecular complexity index is 861. The molecule has 9 nitrogen and oxygen atoms in total. The second-order valence-corrected chi connectivity index (χ2v) is 5.31. The maximum Gasteiger partial charge on any atom is 0.345 e. The number of carbonyl (C=O) groups excluding carboxylic acids is 3. The lowest BCUT2D eigenvalue weighted by Gasteiger charge is -2.07. The van der Waals surface area contributed by atoms with Crippen molar-refractivity contribution in [2.24, 2.45) is 7.05 Å². The molecule has 0 unspecified atom stereocenters. The largest absolute Gasteiger partial charge is 0.452 e. The molecule has 0 atom stereocenters. The van der Waals surface area contributed by atoms with Gasteiger partial charge in [-0.1, -0.05) is 11.6 Å². The Kier molecular flexibility index (Phi) is 5.50. The minimum Gasteiger partial charge on any atom is -0.452 e. The first kappa shape index (κ1) is 18.1. The molecule has 0 bridgehead atoms. The molecule has 0 radical (unpaired) electrons. The summed E-state index contributed by atoms with van der Waals surface area (Å²) in [5.41, 5.74) is -0.654. The predicted octanol–water partition coefficient (Wildman–Crippen LogP) is 1.70. The summed E-state index contributed by atoms with van der Waals surface area (Å²) in [6.07, 6.45) is 1.62. The molecule has 0 spiro atoms. The van der Waals surface area contributed by atoms with Crippen molar-refractivity contribution in [2.75, 3.05) is 6.61 Å². The van der Waals surface area contributed by atoms with Crippen LogP contribution in [0.5, 0.6) is 0 Å². The van der Waals surface area contributed by atoms with Crippen molar-refractivity contribution in [2.45, 2.75) is 0 Å². The van der Waals surface area contributed by atoms with Gasteiger partial charge in [0.05, 0.1) is 4.92 Å². The molecule has 0 aliphatic carbocycles. The molecule has 0 saturated carbocycles. The molecule has 10 heteroatoms. The Morgan fingerprint density at radius 1 is 1.32 bits per heavy atom. The van der Waals surface area contributed by atoms with E-state index < -0.39 is 35.0 Å². The molecule has 1 heterocycles. The summed E-state index contributed by atoms with van der Waals surface area (Å²) >= 11 is 5.71. The molecule has 1 aromatic heterocycles. The van der Waals surface area contributed by atoms with E-state index in [-0.39, 0.29) is 16.3 Å². The summed E-state index contributed by atoms with van der Waals surface area (Å²) in [6, 6.07) is 6.50. The van der Waals surface area contributed by atoms with E-state index in [1.54, 1.807) is 19.3 Å². The lowest BCUT2D eigenvalue weighted by molar-refractivity contribution is -0.385. The molecule has 0 aliphatic heterocycles. The number of aromatic nitrogens is 1. The molecular weight excluding hydrogens is 354 g/mol. The molecule has 0 saturated heterocycles. The molecule has 1 aromatic carbocycles. The van der Waals surface area contributed by atoms with Gasteiger partial charge in [-0.2, -0.15) is 0 Å². The molecule has 0 aliphatic rings. The van der Waals surface area contributed by atoms with Gasteiger partial charge >= 0.3 is 5.97 Å². The molecule has 2 aromatic rings. The van der Waals surface area contributed by atoms with Crippen LogP contribution in [0.2, 0.25) is 5.02 Å². The maximum absolute atomic E-state index is 11.9. The van der Waals surface area contributed by atoms with Gasteiger partial charge in [0.25, 0.3) is 17.5 Å². The third-order valence-electron chi connectivity index (χ3n) is 3.14. The number of halogens is 1. The number of carbonyl (C=O) groups is 3. The number of esters is 1. The van der Waals surface area contributed by atoms with E-state index in [0.29, 0.717) is 0 Å². The number of benzene rings is 1. The van der Waals surface area contributed by atoms with Crippen LogP contribution in [0.25, 0.3) is 0 Å². The van der Waals surface area contributed by atoms with Gasteiger partial charge in [-0.3, -0.25) is 25.0 Å². The zero-order chi connectivity index (χ0) is 18.6. The minimum absolute atomic E-state index is 0.0980. The average molecular weight is 366 g/mol. The van der Waals surface area contributed by atoms with Crippen molar-refractivity contribution < 1.29 is 24.0 Å². The molecule has 0 fully saturated rings. The number of rotatable bonds is 5. The quantitative estimate of drug-likeness (QED) is 0.489. The molecule has 2 rings (SSSR count). The van der Waals surface area contributed by atoms with Crippen LogP contribution in [-0.4, -0.2) is 33.9 Å². The summed E-state index contributed by atoms with van der Waals surface area (Å²) < 4.78 is 6.22. The summed E-state index contributed by atoms with van der Waals surface area (Å²) in [5.74, 6) is -2.64. The van der Waals surface area contributed by atoms with Gasteiger partial charge in [0, 0.05) is 24.3 Å². The first-order valence-corrected chi connectivity index (χ1v) is 7.24. The van der Waals surface area contributed by atoms with Crippen molar-refractivity contribution in [3.8, 4) is 0 Å². The van der Waals surface area contributed by atoms with Crippen LogP contribution in [0.3, 0.4) is 0 Å². The van der Waals surface area contributed by atoms with Gasteiger partial charge in [-0.25, -0.2) is 4.79 Å². The van der Waals surface area contributed by atoms with Crippen LogP contribution < -0.4 is 5.32 Å². The van der Waals surface area contributed by atoms with Gasteiger partial charge in [-0.05, 0) is 24.3 Å². The SMILES string of the molecule is Cn1cccc1C(=O)NC(=O)COC(=O)c1cc(Cl)ccc1[N+](=O)[O-]. The van der Waals surface area contributed by atoms with Crippen molar-refractivity contribution in [1.82, 2.24) is 9.88 Å². The molecule has 1 N–H and O–H groups in total. The number of nitro benzene ring substituents is 1. The number of nitrogens with one attached hydrogen (secondary N) is 1. The van der Waals surface area contributed by atoms with E-state index in [2.05, 4.69) is 0 Å². The molecule has 130 valence electrons. The third-order valence-corrected chi connectivity index (χ3v) is 3.37. The van der Waals surface area contributed by atoms with Crippen LogP contribution >= 0.6 is 11.6 Å². The highest BCUT2D eigenvalue weighted by Crippen LogP contribution is 2.23. The minimum atomic E-state index is -1.10. The summed E-state index contributed by atoms with van der Waals surface area (Å²) in [7, 11) is 1.62. The smallest absolute Gasteiger partial charge is 0.345 e. The van der Waals surface area contributed by atoms with Gasteiger partial charge in [0.15, 0.2) is 6.61 Å². The fourth-order valence-corrected chi connectivity index (χ4v) is 2.14. The van der Waals surface area contributed by atoms with E-state index in [0.717, 1.165) is 12.1 Å². The van der Waals surface area contributed by atoms with Crippen LogP contribution in [0.15, 0.2) is 36.5 Å². The number of aryl methyl sites for hydroxylation is 1. The predicted molar refractivity (Wildman–Crippen MR) is 86.3 cm³/mol. The molecular formula is C15H12ClN3O6. The highest BCUT2D eigenvalue weighted by Gasteiger charge is 2.23. The normalized spacial score (nSPS) is 10.2. The summed E-state index contributed by atoms with van der Waals surface area (Å²) in [6.45, 7) is -0.779. The van der Waals surface area contributed by atoms with Crippen molar-refractivity contribution in [3.63, 3.8) is 0 Å². The van der Waals surface area contributed by atoms with Crippen molar-refractivity contribution in [3.05, 3.63) is 62.9 Å². The van der Waals surface area contributed by atoms with E-state index in [1.807, 2.05) is 5.32 Å². The average Bonchev–Trinajstić information content (AvgIpc) is 2.98. The van der Waals surface area contributed by atoms with Gasteiger partial charge in [0.2, 0.25) is 0 Å². The second kappa shape index (κ2) is 7.58. The fourth-order valence-electron chi connectivity index (χ4n) is 1.96. The summed E-state index contributed by atoms with van der Waals surface area (Å²) in [4.78, 5) is 45.6. The highest BCUT2D eigenvalue weighted by atomic mass is 35.5. The fraction of sp³-hybridized carbons (Fsp3) is 0.133. The maximum atomic E-state index is 11.9. The van der Waals surface area contributed by atoms with Crippen LogP contribution in [0, 0.1) is 10.1 Å². The Morgan fingerprint density at radius 3 is 2.64 bits per heavy atom. The number of ether oxygens (including phenoxy) is 1. The number of hydrogen-bond acceptors (Lipinski definition) is 6. The Hall–Kier alpha value is -3.20. The van der Waals surface area contributed by atoms with E-state index in [4.69, 9.17) is 16.3 Å². The number of amides is 2. The van der Waals surface area contributed by atoms with Crippen LogP contribution in [0.1, 0.15) is 20.8 Å². The Balaban J connectivity index is 1.99.